The van der Waals surface area contributed by atoms with Crippen molar-refractivity contribution in [2.45, 2.75) is 19.3 Å². The molecule has 1 aliphatic carbocycles. The Labute approximate surface area is 71.0 Å². The molecule has 4 nitrogen and oxygen atoms in total. The van der Waals surface area contributed by atoms with Crippen molar-refractivity contribution in [1.82, 2.24) is 5.32 Å². The number of rotatable bonds is 4. The van der Waals surface area contributed by atoms with E-state index < -0.39 is 5.97 Å². The van der Waals surface area contributed by atoms with Gasteiger partial charge in [-0.1, -0.05) is 6.42 Å². The van der Waals surface area contributed by atoms with E-state index in [4.69, 9.17) is 5.11 Å². The minimum Gasteiger partial charge on any atom is -0.481 e. The van der Waals surface area contributed by atoms with Gasteiger partial charge in [0.05, 0.1) is 5.92 Å². The number of amides is 1. The maximum absolute atomic E-state index is 10.7. The van der Waals surface area contributed by atoms with E-state index >= 15 is 0 Å². The Bertz CT molecular complexity index is 181. The van der Waals surface area contributed by atoms with Crippen molar-refractivity contribution in [2.24, 2.45) is 11.8 Å². The Balaban J connectivity index is 2.40. The molecule has 12 heavy (non-hydrogen) atoms. The van der Waals surface area contributed by atoms with E-state index in [1.54, 1.807) is 0 Å². The van der Waals surface area contributed by atoms with E-state index in [0.29, 0.717) is 13.0 Å². The minimum absolute atomic E-state index is 0.132. The molecule has 0 heterocycles. The van der Waals surface area contributed by atoms with E-state index in [2.05, 4.69) is 5.32 Å². The van der Waals surface area contributed by atoms with Crippen LogP contribution in [-0.4, -0.2) is 24.0 Å². The molecule has 0 aromatic carbocycles. The van der Waals surface area contributed by atoms with Crippen molar-refractivity contribution in [1.29, 1.82) is 0 Å². The van der Waals surface area contributed by atoms with Crippen LogP contribution in [0.1, 0.15) is 19.3 Å². The second-order valence-electron chi connectivity index (χ2n) is 3.16. The molecular formula is C8H13NO3. The van der Waals surface area contributed by atoms with Crippen LogP contribution in [0.5, 0.6) is 0 Å². The van der Waals surface area contributed by atoms with Gasteiger partial charge in [-0.3, -0.25) is 9.59 Å². The van der Waals surface area contributed by atoms with Crippen LogP contribution in [0.3, 0.4) is 0 Å². The summed E-state index contributed by atoms with van der Waals surface area (Å²) in [5.74, 6) is -0.852. The molecule has 1 rings (SSSR count). The van der Waals surface area contributed by atoms with Gasteiger partial charge in [0.25, 0.3) is 0 Å². The van der Waals surface area contributed by atoms with Gasteiger partial charge < -0.3 is 10.4 Å². The number of carbonyl (C=O) groups excluding carboxylic acids is 1. The Morgan fingerprint density at radius 3 is 2.92 bits per heavy atom. The number of hydrogen-bond donors (Lipinski definition) is 2. The molecule has 0 saturated heterocycles. The van der Waals surface area contributed by atoms with Gasteiger partial charge in [0.15, 0.2) is 0 Å². The summed E-state index contributed by atoms with van der Waals surface area (Å²) >= 11 is 0. The molecule has 0 radical (unpaired) electrons. The lowest BCUT2D eigenvalue weighted by atomic mass is 9.96. The van der Waals surface area contributed by atoms with Gasteiger partial charge in [-0.05, 0) is 18.8 Å². The van der Waals surface area contributed by atoms with E-state index in [1.807, 2.05) is 0 Å². The molecule has 0 spiro atoms. The number of carbonyl (C=O) groups is 2. The fraction of sp³-hybridized carbons (Fsp3) is 0.750. The zero-order chi connectivity index (χ0) is 8.97. The molecule has 2 atom stereocenters. The molecule has 2 N–H and O–H groups in total. The van der Waals surface area contributed by atoms with Crippen molar-refractivity contribution in [3.63, 3.8) is 0 Å². The van der Waals surface area contributed by atoms with Gasteiger partial charge in [-0.15, -0.1) is 0 Å². The molecule has 1 fully saturated rings. The number of aliphatic carboxylic acids is 1. The molecule has 0 aliphatic heterocycles. The van der Waals surface area contributed by atoms with Gasteiger partial charge in [0.1, 0.15) is 0 Å². The number of carboxylic acid groups (broad SMARTS) is 1. The lowest BCUT2D eigenvalue weighted by molar-refractivity contribution is -0.143. The Morgan fingerprint density at radius 2 is 2.33 bits per heavy atom. The van der Waals surface area contributed by atoms with Crippen molar-refractivity contribution in [2.75, 3.05) is 6.54 Å². The molecule has 4 heteroatoms. The van der Waals surface area contributed by atoms with Crippen LogP contribution in [-0.2, 0) is 9.59 Å². The molecule has 0 bridgehead atoms. The predicted molar refractivity (Wildman–Crippen MR) is 42.5 cm³/mol. The van der Waals surface area contributed by atoms with Crippen LogP contribution >= 0.6 is 0 Å². The number of hydrogen-bond acceptors (Lipinski definition) is 2. The van der Waals surface area contributed by atoms with Gasteiger partial charge in [0, 0.05) is 6.54 Å². The highest BCUT2D eigenvalue weighted by atomic mass is 16.4. The second-order valence-corrected chi connectivity index (χ2v) is 3.16. The molecule has 1 aliphatic rings. The van der Waals surface area contributed by atoms with Crippen molar-refractivity contribution in [3.05, 3.63) is 0 Å². The molecule has 1 amide bonds. The van der Waals surface area contributed by atoms with Gasteiger partial charge in [-0.25, -0.2) is 0 Å². The maximum atomic E-state index is 10.7. The topological polar surface area (TPSA) is 66.4 Å². The van der Waals surface area contributed by atoms with Gasteiger partial charge >= 0.3 is 5.97 Å². The third kappa shape index (κ3) is 1.96. The van der Waals surface area contributed by atoms with Crippen LogP contribution in [0.15, 0.2) is 0 Å². The summed E-state index contributed by atoms with van der Waals surface area (Å²) in [6.45, 7) is 0.500. The first-order valence-corrected chi connectivity index (χ1v) is 4.15. The normalized spacial score (nSPS) is 28.3. The van der Waals surface area contributed by atoms with E-state index in [9.17, 15) is 9.59 Å². The van der Waals surface area contributed by atoms with Crippen LogP contribution in [0.4, 0.5) is 0 Å². The fourth-order valence-electron chi connectivity index (χ4n) is 1.81. The zero-order valence-corrected chi connectivity index (χ0v) is 6.82. The summed E-state index contributed by atoms with van der Waals surface area (Å²) < 4.78 is 0. The minimum atomic E-state index is -0.731. The Kier molecular flexibility index (Phi) is 3.08. The molecule has 68 valence electrons. The zero-order valence-electron chi connectivity index (χ0n) is 6.82. The monoisotopic (exact) mass is 171 g/mol. The van der Waals surface area contributed by atoms with Crippen molar-refractivity contribution >= 4 is 12.4 Å². The maximum Gasteiger partial charge on any atom is 0.306 e. The fourth-order valence-corrected chi connectivity index (χ4v) is 1.81. The highest BCUT2D eigenvalue weighted by Gasteiger charge is 2.32. The lowest BCUT2D eigenvalue weighted by Crippen LogP contribution is -2.28. The average molecular weight is 171 g/mol. The molecule has 1 saturated carbocycles. The Hall–Kier alpha value is -1.06. The summed E-state index contributed by atoms with van der Waals surface area (Å²) in [6, 6.07) is 0. The van der Waals surface area contributed by atoms with E-state index in [0.717, 1.165) is 19.3 Å². The first-order chi connectivity index (χ1) is 5.75. The van der Waals surface area contributed by atoms with Crippen LogP contribution in [0.2, 0.25) is 0 Å². The Morgan fingerprint density at radius 1 is 1.58 bits per heavy atom. The summed E-state index contributed by atoms with van der Waals surface area (Å²) in [4.78, 5) is 20.6. The van der Waals surface area contributed by atoms with Gasteiger partial charge in [-0.2, -0.15) is 0 Å². The van der Waals surface area contributed by atoms with E-state index in [1.165, 1.54) is 0 Å². The second kappa shape index (κ2) is 4.09. The quantitative estimate of drug-likeness (QED) is 0.595. The largest absolute Gasteiger partial charge is 0.481 e. The lowest BCUT2D eigenvalue weighted by Gasteiger charge is -2.13. The van der Waals surface area contributed by atoms with Crippen LogP contribution < -0.4 is 5.32 Å². The molecule has 0 aromatic rings. The SMILES string of the molecule is O=CNC[C@H]1CCC[C@H]1C(=O)O. The molecule has 0 aromatic heterocycles. The van der Waals surface area contributed by atoms with Crippen LogP contribution in [0.25, 0.3) is 0 Å². The molecular weight excluding hydrogens is 158 g/mol. The first-order valence-electron chi connectivity index (χ1n) is 4.15. The molecule has 0 unspecified atom stereocenters. The number of carboxylic acids is 1. The highest BCUT2D eigenvalue weighted by molar-refractivity contribution is 5.70. The average Bonchev–Trinajstić information content (AvgIpc) is 2.48. The van der Waals surface area contributed by atoms with Crippen molar-refractivity contribution < 1.29 is 14.7 Å². The van der Waals surface area contributed by atoms with E-state index in [-0.39, 0.29) is 11.8 Å². The summed E-state index contributed by atoms with van der Waals surface area (Å²) in [5.41, 5.74) is 0. The van der Waals surface area contributed by atoms with Crippen LogP contribution in [0, 0.1) is 11.8 Å². The first kappa shape index (κ1) is 9.03. The summed E-state index contributed by atoms with van der Waals surface area (Å²) in [6.07, 6.45) is 3.25. The summed E-state index contributed by atoms with van der Waals surface area (Å²) in [7, 11) is 0. The van der Waals surface area contributed by atoms with Crippen molar-refractivity contribution in [3.8, 4) is 0 Å². The smallest absolute Gasteiger partial charge is 0.306 e. The highest BCUT2D eigenvalue weighted by Crippen LogP contribution is 2.31. The summed E-state index contributed by atoms with van der Waals surface area (Å²) in [5, 5.41) is 11.3. The third-order valence-electron chi connectivity index (χ3n) is 2.44. The number of nitrogens with one attached hydrogen (secondary N) is 1. The van der Waals surface area contributed by atoms with Gasteiger partial charge in [0.2, 0.25) is 6.41 Å². The standard InChI is InChI=1S/C8H13NO3/c10-5-9-4-6-2-1-3-7(6)8(11)12/h5-7H,1-4H2,(H,9,10)(H,11,12)/t6-,7-/m1/s1. The third-order valence-corrected chi connectivity index (χ3v) is 2.44. The predicted octanol–water partition coefficient (Wildman–Crippen LogP) is 0.233.